The van der Waals surface area contributed by atoms with Crippen molar-refractivity contribution in [2.75, 3.05) is 6.61 Å². The molecule has 1 unspecified atom stereocenters. The fraction of sp³-hybridized carbons (Fsp3) is 0.407. The van der Waals surface area contributed by atoms with Crippen LogP contribution in [0.15, 0.2) is 30.6 Å². The molecule has 4 heterocycles. The van der Waals surface area contributed by atoms with Crippen LogP contribution < -0.4 is 0 Å². The molecule has 3 aliphatic rings. The van der Waals surface area contributed by atoms with Crippen LogP contribution in [0, 0.1) is 11.6 Å². The Hall–Kier alpha value is -3.86. The standard InChI is InChI=1S/C27H24F2N6O3/c28-16-3-6-18(19(29)10-16)22-23-26(33-24(27(36)37)21(31-23)13-1-2-13)34-25(32-22)14-7-8-38-20(9-14)15-11-30-35(12-15)17-4-5-17/h3,6,10-14,17,20H,1-2,4-5,7-9H2,(H,36,37)/t14?,20-/m1/s1. The number of halogens is 2. The molecular weight excluding hydrogens is 494 g/mol. The Morgan fingerprint density at radius 2 is 1.87 bits per heavy atom. The lowest BCUT2D eigenvalue weighted by Gasteiger charge is -2.28. The van der Waals surface area contributed by atoms with Gasteiger partial charge in [0.05, 0.1) is 24.0 Å². The van der Waals surface area contributed by atoms with Crippen LogP contribution in [-0.4, -0.2) is 47.4 Å². The number of rotatable bonds is 6. The van der Waals surface area contributed by atoms with Gasteiger partial charge in [0.1, 0.15) is 28.7 Å². The molecule has 3 fully saturated rings. The lowest BCUT2D eigenvalue weighted by molar-refractivity contribution is 0.00396. The van der Waals surface area contributed by atoms with Crippen molar-refractivity contribution < 1.29 is 23.4 Å². The summed E-state index contributed by atoms with van der Waals surface area (Å²) < 4.78 is 36.8. The highest BCUT2D eigenvalue weighted by atomic mass is 19.1. The predicted molar refractivity (Wildman–Crippen MR) is 131 cm³/mol. The fourth-order valence-electron chi connectivity index (χ4n) is 5.15. The van der Waals surface area contributed by atoms with Crippen molar-refractivity contribution in [3.63, 3.8) is 0 Å². The maximum atomic E-state index is 15.0. The second-order valence-corrected chi connectivity index (χ2v) is 10.3. The second kappa shape index (κ2) is 8.87. The summed E-state index contributed by atoms with van der Waals surface area (Å²) in [6.07, 6.45) is 8.72. The van der Waals surface area contributed by atoms with Crippen LogP contribution in [0.2, 0.25) is 0 Å². The topological polar surface area (TPSA) is 116 Å². The SMILES string of the molecule is O=C(O)c1nc2nc(C3CCO[C@@H](c4cnn(C5CC5)c4)C3)nc(-c3ccc(F)cc3F)c2nc1C1CC1. The molecule has 1 aromatic carbocycles. The van der Waals surface area contributed by atoms with Gasteiger partial charge in [-0.15, -0.1) is 0 Å². The molecule has 2 atom stereocenters. The number of aromatic carboxylic acids is 1. The minimum absolute atomic E-state index is 0.0172. The van der Waals surface area contributed by atoms with E-state index in [1.165, 1.54) is 6.07 Å². The first kappa shape index (κ1) is 23.3. The lowest BCUT2D eigenvalue weighted by Crippen LogP contribution is -2.21. The van der Waals surface area contributed by atoms with E-state index in [0.29, 0.717) is 37.0 Å². The van der Waals surface area contributed by atoms with Crippen LogP contribution in [0.3, 0.4) is 0 Å². The third-order valence-electron chi connectivity index (χ3n) is 7.49. The van der Waals surface area contributed by atoms with Gasteiger partial charge < -0.3 is 9.84 Å². The number of hydrogen-bond donors (Lipinski definition) is 1. The zero-order chi connectivity index (χ0) is 26.0. The molecule has 7 rings (SSSR count). The van der Waals surface area contributed by atoms with Crippen molar-refractivity contribution in [2.45, 2.75) is 62.5 Å². The Morgan fingerprint density at radius 1 is 1.03 bits per heavy atom. The summed E-state index contributed by atoms with van der Waals surface area (Å²) in [5.41, 5.74) is 1.72. The second-order valence-electron chi connectivity index (χ2n) is 10.3. The van der Waals surface area contributed by atoms with Gasteiger partial charge in [0.25, 0.3) is 0 Å². The Labute approximate surface area is 215 Å². The average Bonchev–Trinajstić information content (AvgIpc) is 3.86. The average molecular weight is 519 g/mol. The Morgan fingerprint density at radius 3 is 2.61 bits per heavy atom. The molecule has 38 heavy (non-hydrogen) atoms. The first-order valence-corrected chi connectivity index (χ1v) is 12.9. The van der Waals surface area contributed by atoms with Crippen LogP contribution in [-0.2, 0) is 4.74 Å². The van der Waals surface area contributed by atoms with Gasteiger partial charge in [0, 0.05) is 41.8 Å². The zero-order valence-corrected chi connectivity index (χ0v) is 20.3. The van der Waals surface area contributed by atoms with Crippen molar-refractivity contribution in [3.05, 3.63) is 65.0 Å². The summed E-state index contributed by atoms with van der Waals surface area (Å²) in [5, 5.41) is 14.3. The molecule has 0 spiro atoms. The molecular formula is C27H24F2N6O3. The summed E-state index contributed by atoms with van der Waals surface area (Å²) >= 11 is 0. The molecule has 9 nitrogen and oxygen atoms in total. The van der Waals surface area contributed by atoms with Crippen molar-refractivity contribution in [1.82, 2.24) is 29.7 Å². The Kier molecular flexibility index (Phi) is 5.43. The number of fused-ring (bicyclic) bond motifs is 1. The molecule has 0 bridgehead atoms. The third kappa shape index (κ3) is 4.20. The predicted octanol–water partition coefficient (Wildman–Crippen LogP) is 5.11. The van der Waals surface area contributed by atoms with Crippen molar-refractivity contribution in [3.8, 4) is 11.3 Å². The number of benzene rings is 1. The fourth-order valence-corrected chi connectivity index (χ4v) is 5.15. The van der Waals surface area contributed by atoms with Gasteiger partial charge in [0.15, 0.2) is 11.3 Å². The van der Waals surface area contributed by atoms with E-state index in [1.807, 2.05) is 17.1 Å². The maximum Gasteiger partial charge on any atom is 0.356 e. The third-order valence-corrected chi connectivity index (χ3v) is 7.49. The maximum absolute atomic E-state index is 15.0. The molecule has 2 aliphatic carbocycles. The highest BCUT2D eigenvalue weighted by molar-refractivity contribution is 5.92. The zero-order valence-electron chi connectivity index (χ0n) is 20.3. The van der Waals surface area contributed by atoms with Crippen LogP contribution in [0.5, 0.6) is 0 Å². The molecule has 1 saturated heterocycles. The quantitative estimate of drug-likeness (QED) is 0.375. The number of carbonyl (C=O) groups is 1. The summed E-state index contributed by atoms with van der Waals surface area (Å²) in [6.45, 7) is 0.470. The highest BCUT2D eigenvalue weighted by Crippen LogP contribution is 2.43. The molecule has 0 amide bonds. The van der Waals surface area contributed by atoms with Gasteiger partial charge in [-0.05, 0) is 50.7 Å². The van der Waals surface area contributed by atoms with Crippen molar-refractivity contribution in [1.29, 1.82) is 0 Å². The minimum atomic E-state index is -1.19. The van der Waals surface area contributed by atoms with E-state index >= 15 is 4.39 Å². The van der Waals surface area contributed by atoms with Gasteiger partial charge >= 0.3 is 5.97 Å². The Bertz CT molecular complexity index is 1580. The first-order valence-electron chi connectivity index (χ1n) is 12.9. The molecule has 0 radical (unpaired) electrons. The van der Waals surface area contributed by atoms with Crippen LogP contribution >= 0.6 is 0 Å². The van der Waals surface area contributed by atoms with Gasteiger partial charge in [-0.25, -0.2) is 33.5 Å². The van der Waals surface area contributed by atoms with E-state index < -0.39 is 17.6 Å². The van der Waals surface area contributed by atoms with Crippen LogP contribution in [0.1, 0.15) is 90.1 Å². The van der Waals surface area contributed by atoms with E-state index in [-0.39, 0.29) is 46.1 Å². The smallest absolute Gasteiger partial charge is 0.356 e. The Balaban J connectivity index is 1.33. The number of aromatic nitrogens is 6. The molecule has 1 aliphatic heterocycles. The number of ether oxygens (including phenoxy) is 1. The molecule has 4 aromatic rings. The largest absolute Gasteiger partial charge is 0.476 e. The number of hydrogen-bond acceptors (Lipinski definition) is 7. The summed E-state index contributed by atoms with van der Waals surface area (Å²) in [7, 11) is 0. The van der Waals surface area contributed by atoms with Gasteiger partial charge in [-0.2, -0.15) is 5.10 Å². The molecule has 3 aromatic heterocycles. The number of nitrogens with zero attached hydrogens (tertiary/aromatic N) is 6. The summed E-state index contributed by atoms with van der Waals surface area (Å²) in [5.74, 6) is -2.44. The van der Waals surface area contributed by atoms with E-state index in [9.17, 15) is 14.3 Å². The van der Waals surface area contributed by atoms with Crippen molar-refractivity contribution >= 4 is 17.1 Å². The van der Waals surface area contributed by atoms with Gasteiger partial charge in [-0.3, -0.25) is 4.68 Å². The molecule has 11 heteroatoms. The highest BCUT2D eigenvalue weighted by Gasteiger charge is 2.34. The lowest BCUT2D eigenvalue weighted by atomic mass is 9.92. The van der Waals surface area contributed by atoms with E-state index in [1.54, 1.807) is 0 Å². The van der Waals surface area contributed by atoms with E-state index in [2.05, 4.69) is 20.1 Å². The van der Waals surface area contributed by atoms with Gasteiger partial charge in [-0.1, -0.05) is 0 Å². The monoisotopic (exact) mass is 518 g/mol. The molecule has 1 N–H and O–H groups in total. The van der Waals surface area contributed by atoms with Crippen LogP contribution in [0.4, 0.5) is 8.78 Å². The number of carboxylic acids is 1. The van der Waals surface area contributed by atoms with Gasteiger partial charge in [0.2, 0.25) is 0 Å². The first-order chi connectivity index (χ1) is 18.4. The minimum Gasteiger partial charge on any atom is -0.476 e. The van der Waals surface area contributed by atoms with Crippen LogP contribution in [0.25, 0.3) is 22.4 Å². The summed E-state index contributed by atoms with van der Waals surface area (Å²) in [4.78, 5) is 30.4. The summed E-state index contributed by atoms with van der Waals surface area (Å²) in [6, 6.07) is 3.74. The number of carboxylic acid groups (broad SMARTS) is 1. The molecule has 194 valence electrons. The van der Waals surface area contributed by atoms with E-state index in [0.717, 1.165) is 43.4 Å². The molecule has 2 saturated carbocycles. The van der Waals surface area contributed by atoms with Crippen molar-refractivity contribution in [2.24, 2.45) is 0 Å². The normalized spacial score (nSPS) is 21.6. The van der Waals surface area contributed by atoms with E-state index in [4.69, 9.17) is 9.72 Å².